The van der Waals surface area contributed by atoms with Gasteiger partial charge >= 0.3 is 0 Å². The van der Waals surface area contributed by atoms with Gasteiger partial charge in [0.25, 0.3) is 0 Å². The van der Waals surface area contributed by atoms with Gasteiger partial charge in [-0.3, -0.25) is 4.79 Å². The molecule has 2 heterocycles. The standard InChI is InChI=1S/C16H20ClN3OS.2ClH/c1-18-7-4-15(21)20-8-5-11(6-9-20)16-19-13-10-12(17)2-3-14(13)22-16;;/h2-3,10-11,18H,4-9H2,1H3;2*1H. The summed E-state index contributed by atoms with van der Waals surface area (Å²) in [6.45, 7) is 2.42. The van der Waals surface area contributed by atoms with Crippen LogP contribution in [0.2, 0.25) is 5.02 Å². The summed E-state index contributed by atoms with van der Waals surface area (Å²) in [7, 11) is 1.87. The molecule has 0 spiro atoms. The normalized spacial score (nSPS) is 15.0. The lowest BCUT2D eigenvalue weighted by Gasteiger charge is -2.31. The van der Waals surface area contributed by atoms with Crippen LogP contribution in [0, 0.1) is 0 Å². The molecule has 1 amide bonds. The van der Waals surface area contributed by atoms with Crippen molar-refractivity contribution in [2.45, 2.75) is 25.2 Å². The molecule has 0 atom stereocenters. The number of aromatic nitrogens is 1. The quantitative estimate of drug-likeness (QED) is 0.825. The van der Waals surface area contributed by atoms with E-state index in [2.05, 4.69) is 5.32 Å². The number of fused-ring (bicyclic) bond motifs is 1. The number of nitrogens with zero attached hydrogens (tertiary/aromatic N) is 2. The molecule has 0 unspecified atom stereocenters. The van der Waals surface area contributed by atoms with E-state index in [-0.39, 0.29) is 30.7 Å². The van der Waals surface area contributed by atoms with Gasteiger partial charge in [-0.15, -0.1) is 36.2 Å². The third-order valence-corrected chi connectivity index (χ3v) is 5.59. The Hall–Kier alpha value is -0.590. The van der Waals surface area contributed by atoms with Crippen molar-refractivity contribution in [3.05, 3.63) is 28.2 Å². The summed E-state index contributed by atoms with van der Waals surface area (Å²) in [5.74, 6) is 0.716. The molecular weight excluding hydrogens is 389 g/mol. The summed E-state index contributed by atoms with van der Waals surface area (Å²) in [4.78, 5) is 18.8. The number of carbonyl (C=O) groups excluding carboxylic acids is 1. The number of amides is 1. The Labute approximate surface area is 163 Å². The Bertz CT molecular complexity index is 672. The van der Waals surface area contributed by atoms with E-state index in [0.717, 1.165) is 43.0 Å². The maximum absolute atomic E-state index is 12.0. The minimum absolute atomic E-state index is 0. The minimum atomic E-state index is 0. The first kappa shape index (κ1) is 21.5. The van der Waals surface area contributed by atoms with Crippen LogP contribution in [0.25, 0.3) is 10.2 Å². The van der Waals surface area contributed by atoms with Crippen molar-refractivity contribution >= 4 is 63.9 Å². The van der Waals surface area contributed by atoms with Gasteiger partial charge in [-0.1, -0.05) is 11.6 Å². The van der Waals surface area contributed by atoms with Crippen LogP contribution < -0.4 is 5.32 Å². The molecule has 1 aromatic heterocycles. The zero-order chi connectivity index (χ0) is 15.5. The second-order valence-corrected chi connectivity index (χ2v) is 7.17. The maximum Gasteiger partial charge on any atom is 0.223 e. The van der Waals surface area contributed by atoms with E-state index in [4.69, 9.17) is 16.6 Å². The molecule has 4 nitrogen and oxygen atoms in total. The van der Waals surface area contributed by atoms with Gasteiger partial charge in [0.2, 0.25) is 5.91 Å². The van der Waals surface area contributed by atoms with E-state index in [9.17, 15) is 4.79 Å². The van der Waals surface area contributed by atoms with Crippen LogP contribution in [0.15, 0.2) is 18.2 Å². The molecule has 0 radical (unpaired) electrons. The summed E-state index contributed by atoms with van der Waals surface area (Å²) in [6, 6.07) is 5.87. The molecule has 2 aromatic rings. The Kier molecular flexibility index (Phi) is 8.74. The van der Waals surface area contributed by atoms with Crippen molar-refractivity contribution in [3.8, 4) is 0 Å². The predicted molar refractivity (Wildman–Crippen MR) is 106 cm³/mol. The van der Waals surface area contributed by atoms with Gasteiger partial charge in [-0.25, -0.2) is 4.98 Å². The second-order valence-electron chi connectivity index (χ2n) is 5.67. The van der Waals surface area contributed by atoms with Gasteiger partial charge < -0.3 is 10.2 Å². The number of halogens is 3. The van der Waals surface area contributed by atoms with Crippen molar-refractivity contribution in [1.82, 2.24) is 15.2 Å². The first-order valence-electron chi connectivity index (χ1n) is 7.65. The molecule has 1 saturated heterocycles. The van der Waals surface area contributed by atoms with Crippen molar-refractivity contribution in [2.24, 2.45) is 0 Å². The highest BCUT2D eigenvalue weighted by atomic mass is 35.5. The summed E-state index contributed by atoms with van der Waals surface area (Å²) >= 11 is 7.78. The van der Waals surface area contributed by atoms with Crippen LogP contribution in [0.1, 0.15) is 30.2 Å². The smallest absolute Gasteiger partial charge is 0.223 e. The van der Waals surface area contributed by atoms with E-state index in [1.165, 1.54) is 9.71 Å². The number of carbonyl (C=O) groups is 1. The number of nitrogens with one attached hydrogen (secondary N) is 1. The molecule has 3 rings (SSSR count). The van der Waals surface area contributed by atoms with E-state index >= 15 is 0 Å². The van der Waals surface area contributed by atoms with E-state index < -0.39 is 0 Å². The highest BCUT2D eigenvalue weighted by Gasteiger charge is 2.25. The van der Waals surface area contributed by atoms with Crippen LogP contribution in [0.5, 0.6) is 0 Å². The van der Waals surface area contributed by atoms with Gasteiger partial charge in [-0.05, 0) is 38.1 Å². The number of likely N-dealkylation sites (tertiary alicyclic amines) is 1. The largest absolute Gasteiger partial charge is 0.343 e. The van der Waals surface area contributed by atoms with Gasteiger partial charge in [0.15, 0.2) is 0 Å². The fourth-order valence-corrected chi connectivity index (χ4v) is 4.14. The van der Waals surface area contributed by atoms with Gasteiger partial charge in [0, 0.05) is 37.0 Å². The SMILES string of the molecule is CNCCC(=O)N1CCC(c2nc3cc(Cl)ccc3s2)CC1.Cl.Cl. The first-order chi connectivity index (χ1) is 10.7. The van der Waals surface area contributed by atoms with Crippen LogP contribution >= 0.6 is 47.8 Å². The third kappa shape index (κ3) is 4.96. The molecule has 1 N–H and O–H groups in total. The molecule has 0 bridgehead atoms. The highest BCUT2D eigenvalue weighted by Crippen LogP contribution is 2.34. The summed E-state index contributed by atoms with van der Waals surface area (Å²) < 4.78 is 1.19. The molecule has 8 heteroatoms. The molecule has 1 fully saturated rings. The number of hydrogen-bond acceptors (Lipinski definition) is 4. The molecule has 24 heavy (non-hydrogen) atoms. The first-order valence-corrected chi connectivity index (χ1v) is 8.85. The number of benzene rings is 1. The van der Waals surface area contributed by atoms with Gasteiger partial charge in [0.1, 0.15) is 0 Å². The van der Waals surface area contributed by atoms with E-state index in [0.29, 0.717) is 12.3 Å². The maximum atomic E-state index is 12.0. The number of piperidine rings is 1. The summed E-state index contributed by atoms with van der Waals surface area (Å²) in [5.41, 5.74) is 0.986. The van der Waals surface area contributed by atoms with Crippen molar-refractivity contribution in [2.75, 3.05) is 26.7 Å². The Morgan fingerprint density at radius 3 is 2.75 bits per heavy atom. The lowest BCUT2D eigenvalue weighted by Crippen LogP contribution is -2.38. The van der Waals surface area contributed by atoms with Crippen LogP contribution in [-0.4, -0.2) is 42.5 Å². The minimum Gasteiger partial charge on any atom is -0.343 e. The zero-order valence-electron chi connectivity index (χ0n) is 13.5. The van der Waals surface area contributed by atoms with Crippen molar-refractivity contribution < 1.29 is 4.79 Å². The zero-order valence-corrected chi connectivity index (χ0v) is 16.7. The molecule has 1 aliphatic heterocycles. The molecule has 1 aromatic carbocycles. The molecular formula is C16H22Cl3N3OS. The summed E-state index contributed by atoms with van der Waals surface area (Å²) in [6.07, 6.45) is 2.58. The van der Waals surface area contributed by atoms with E-state index in [1.807, 2.05) is 30.1 Å². The average Bonchev–Trinajstić information content (AvgIpc) is 2.95. The number of hydrogen-bond donors (Lipinski definition) is 1. The number of thiazole rings is 1. The number of rotatable bonds is 4. The van der Waals surface area contributed by atoms with E-state index in [1.54, 1.807) is 11.3 Å². The van der Waals surface area contributed by atoms with Crippen molar-refractivity contribution in [1.29, 1.82) is 0 Å². The lowest BCUT2D eigenvalue weighted by atomic mass is 9.97. The highest BCUT2D eigenvalue weighted by molar-refractivity contribution is 7.18. The summed E-state index contributed by atoms with van der Waals surface area (Å²) in [5, 5.41) is 4.94. The molecule has 0 saturated carbocycles. The molecule has 134 valence electrons. The van der Waals surface area contributed by atoms with Crippen LogP contribution in [0.3, 0.4) is 0 Å². The lowest BCUT2D eigenvalue weighted by molar-refractivity contribution is -0.132. The van der Waals surface area contributed by atoms with Crippen LogP contribution in [-0.2, 0) is 4.79 Å². The second kappa shape index (κ2) is 9.78. The Morgan fingerprint density at radius 2 is 2.08 bits per heavy atom. The fraction of sp³-hybridized carbons (Fsp3) is 0.500. The topological polar surface area (TPSA) is 45.2 Å². The Balaban J connectivity index is 0.00000144. The van der Waals surface area contributed by atoms with Gasteiger partial charge in [-0.2, -0.15) is 0 Å². The predicted octanol–water partition coefficient (Wildman–Crippen LogP) is 4.11. The third-order valence-electron chi connectivity index (χ3n) is 4.15. The molecule has 1 aliphatic rings. The Morgan fingerprint density at radius 1 is 1.38 bits per heavy atom. The monoisotopic (exact) mass is 409 g/mol. The molecule has 0 aliphatic carbocycles. The van der Waals surface area contributed by atoms with Crippen LogP contribution in [0.4, 0.5) is 0 Å². The van der Waals surface area contributed by atoms with Gasteiger partial charge in [0.05, 0.1) is 15.2 Å². The fourth-order valence-electron chi connectivity index (χ4n) is 2.86. The average molecular weight is 411 g/mol. The van der Waals surface area contributed by atoms with Crippen molar-refractivity contribution in [3.63, 3.8) is 0 Å².